The lowest BCUT2D eigenvalue weighted by Gasteiger charge is -2.20. The van der Waals surface area contributed by atoms with E-state index in [4.69, 9.17) is 5.26 Å². The number of nitrogens with one attached hydrogen (secondary N) is 1. The molecule has 0 radical (unpaired) electrons. The molecule has 0 aliphatic carbocycles. The molecule has 0 spiro atoms. The molecule has 1 fully saturated rings. The summed E-state index contributed by atoms with van der Waals surface area (Å²) in [5.41, 5.74) is 0.464. The number of hydrogen-bond acceptors (Lipinski definition) is 4. The van der Waals surface area contributed by atoms with Gasteiger partial charge in [-0.15, -0.1) is 0 Å². The van der Waals surface area contributed by atoms with Gasteiger partial charge in [0.15, 0.2) is 0 Å². The molecule has 20 heavy (non-hydrogen) atoms. The molecule has 1 aromatic carbocycles. The molecule has 1 saturated heterocycles. The van der Waals surface area contributed by atoms with Crippen molar-refractivity contribution in [1.29, 1.82) is 5.26 Å². The fourth-order valence-electron chi connectivity index (χ4n) is 2.84. The first-order valence-corrected chi connectivity index (χ1v) is 7.02. The van der Waals surface area contributed by atoms with Gasteiger partial charge in [0.05, 0.1) is 0 Å². The van der Waals surface area contributed by atoms with Crippen LogP contribution in [0.4, 0.5) is 5.82 Å². The maximum atomic E-state index is 9.09. The molecule has 102 valence electrons. The third-order valence-electron chi connectivity index (χ3n) is 4.03. The second kappa shape index (κ2) is 5.48. The zero-order valence-electron chi connectivity index (χ0n) is 11.6. The average molecular weight is 266 g/mol. The van der Waals surface area contributed by atoms with E-state index in [1.807, 2.05) is 30.3 Å². The summed E-state index contributed by atoms with van der Waals surface area (Å²) < 4.78 is 0. The minimum atomic E-state index is 0.464. The van der Waals surface area contributed by atoms with Crippen LogP contribution in [0.25, 0.3) is 10.8 Å². The molecule has 4 heteroatoms. The van der Waals surface area contributed by atoms with Gasteiger partial charge >= 0.3 is 0 Å². The van der Waals surface area contributed by atoms with E-state index >= 15 is 0 Å². The Kier molecular flexibility index (Phi) is 3.53. The van der Waals surface area contributed by atoms with E-state index in [2.05, 4.69) is 28.3 Å². The van der Waals surface area contributed by atoms with Crippen LogP contribution in [0.15, 0.2) is 30.3 Å². The highest BCUT2D eigenvalue weighted by Crippen LogP contribution is 2.23. The van der Waals surface area contributed by atoms with Crippen molar-refractivity contribution < 1.29 is 0 Å². The molecule has 1 N–H and O–H groups in total. The van der Waals surface area contributed by atoms with Crippen LogP contribution in [0.5, 0.6) is 0 Å². The molecule has 3 rings (SSSR count). The standard InChI is InChI=1S/C16H18N4/c1-20-8-4-6-14(20)11-18-16-15-7-3-2-5-12(15)9-13(10-17)19-16/h2-3,5,7,9,14H,4,6,8,11H2,1H3,(H,18,19). The molecular weight excluding hydrogens is 248 g/mol. The van der Waals surface area contributed by atoms with E-state index in [0.717, 1.165) is 23.1 Å². The summed E-state index contributed by atoms with van der Waals surface area (Å²) in [5, 5.41) is 14.7. The Morgan fingerprint density at radius 1 is 1.45 bits per heavy atom. The smallest absolute Gasteiger partial charge is 0.143 e. The topological polar surface area (TPSA) is 52.0 Å². The maximum Gasteiger partial charge on any atom is 0.143 e. The van der Waals surface area contributed by atoms with Crippen molar-refractivity contribution in [2.24, 2.45) is 0 Å². The third kappa shape index (κ3) is 2.45. The number of likely N-dealkylation sites (tertiary alicyclic amines) is 1. The van der Waals surface area contributed by atoms with E-state index in [1.54, 1.807) is 0 Å². The number of benzene rings is 1. The normalized spacial score (nSPS) is 19.1. The quantitative estimate of drug-likeness (QED) is 0.927. The van der Waals surface area contributed by atoms with E-state index < -0.39 is 0 Å². The van der Waals surface area contributed by atoms with Crippen LogP contribution in [-0.2, 0) is 0 Å². The fourth-order valence-corrected chi connectivity index (χ4v) is 2.84. The van der Waals surface area contributed by atoms with E-state index in [9.17, 15) is 0 Å². The Labute approximate surface area is 119 Å². The van der Waals surface area contributed by atoms with Crippen LogP contribution in [0.3, 0.4) is 0 Å². The van der Waals surface area contributed by atoms with Crippen molar-refractivity contribution in [3.8, 4) is 6.07 Å². The van der Waals surface area contributed by atoms with Crippen LogP contribution in [0.2, 0.25) is 0 Å². The number of anilines is 1. The average Bonchev–Trinajstić information content (AvgIpc) is 2.89. The largest absolute Gasteiger partial charge is 0.368 e. The van der Waals surface area contributed by atoms with Gasteiger partial charge in [-0.1, -0.05) is 24.3 Å². The minimum Gasteiger partial charge on any atom is -0.368 e. The Bertz CT molecular complexity index is 659. The molecule has 2 heterocycles. The second-order valence-corrected chi connectivity index (χ2v) is 5.35. The zero-order chi connectivity index (χ0) is 13.9. The lowest BCUT2D eigenvalue weighted by molar-refractivity contribution is 0.322. The number of nitriles is 1. The highest BCUT2D eigenvalue weighted by molar-refractivity contribution is 5.92. The number of fused-ring (bicyclic) bond motifs is 1. The number of hydrogen-bond donors (Lipinski definition) is 1. The fraction of sp³-hybridized carbons (Fsp3) is 0.375. The van der Waals surface area contributed by atoms with Gasteiger partial charge in [-0.2, -0.15) is 5.26 Å². The van der Waals surface area contributed by atoms with Crippen molar-refractivity contribution in [3.63, 3.8) is 0 Å². The highest BCUT2D eigenvalue weighted by Gasteiger charge is 2.20. The Morgan fingerprint density at radius 2 is 2.30 bits per heavy atom. The van der Waals surface area contributed by atoms with Crippen molar-refractivity contribution in [2.75, 3.05) is 25.5 Å². The molecule has 0 saturated carbocycles. The predicted octanol–water partition coefficient (Wildman–Crippen LogP) is 2.61. The highest BCUT2D eigenvalue weighted by atomic mass is 15.2. The predicted molar refractivity (Wildman–Crippen MR) is 80.6 cm³/mol. The number of rotatable bonds is 3. The van der Waals surface area contributed by atoms with Crippen molar-refractivity contribution in [3.05, 3.63) is 36.0 Å². The first kappa shape index (κ1) is 12.9. The van der Waals surface area contributed by atoms with Crippen LogP contribution in [0, 0.1) is 11.3 Å². The van der Waals surface area contributed by atoms with Crippen molar-refractivity contribution >= 4 is 16.6 Å². The van der Waals surface area contributed by atoms with Gasteiger partial charge in [0.2, 0.25) is 0 Å². The number of nitrogens with zero attached hydrogens (tertiary/aromatic N) is 3. The van der Waals surface area contributed by atoms with Crippen LogP contribution in [-0.4, -0.2) is 36.1 Å². The molecule has 1 aromatic heterocycles. The molecule has 1 unspecified atom stereocenters. The molecule has 0 amide bonds. The van der Waals surface area contributed by atoms with Crippen molar-refractivity contribution in [1.82, 2.24) is 9.88 Å². The molecule has 0 bridgehead atoms. The van der Waals surface area contributed by atoms with Gasteiger partial charge in [0.25, 0.3) is 0 Å². The van der Waals surface area contributed by atoms with Gasteiger partial charge in [-0.25, -0.2) is 4.98 Å². The summed E-state index contributed by atoms with van der Waals surface area (Å²) in [6.45, 7) is 2.04. The lowest BCUT2D eigenvalue weighted by Crippen LogP contribution is -2.31. The Morgan fingerprint density at radius 3 is 3.05 bits per heavy atom. The summed E-state index contributed by atoms with van der Waals surface area (Å²) in [5.74, 6) is 0.819. The third-order valence-corrected chi connectivity index (χ3v) is 4.03. The number of aromatic nitrogens is 1. The van der Waals surface area contributed by atoms with Gasteiger partial charge in [-0.05, 0) is 37.9 Å². The summed E-state index contributed by atoms with van der Waals surface area (Å²) in [6, 6.07) is 12.6. The van der Waals surface area contributed by atoms with Crippen molar-refractivity contribution in [2.45, 2.75) is 18.9 Å². The minimum absolute atomic E-state index is 0.464. The monoisotopic (exact) mass is 266 g/mol. The molecule has 4 nitrogen and oxygen atoms in total. The number of pyridine rings is 1. The van der Waals surface area contributed by atoms with Crippen LogP contribution >= 0.6 is 0 Å². The summed E-state index contributed by atoms with van der Waals surface area (Å²) in [7, 11) is 2.16. The summed E-state index contributed by atoms with van der Waals surface area (Å²) in [4.78, 5) is 6.79. The molecule has 2 aromatic rings. The molecule has 1 aliphatic rings. The van der Waals surface area contributed by atoms with Gasteiger partial charge < -0.3 is 10.2 Å². The van der Waals surface area contributed by atoms with E-state index in [0.29, 0.717) is 11.7 Å². The SMILES string of the molecule is CN1CCCC1CNc1nc(C#N)cc2ccccc12. The van der Waals surface area contributed by atoms with Crippen LogP contribution in [0.1, 0.15) is 18.5 Å². The number of likely N-dealkylation sites (N-methyl/N-ethyl adjacent to an activating group) is 1. The Balaban J connectivity index is 1.88. The Hall–Kier alpha value is -2.12. The second-order valence-electron chi connectivity index (χ2n) is 5.35. The zero-order valence-corrected chi connectivity index (χ0v) is 11.6. The van der Waals surface area contributed by atoms with Gasteiger partial charge in [0.1, 0.15) is 17.6 Å². The van der Waals surface area contributed by atoms with Gasteiger partial charge in [0, 0.05) is 18.0 Å². The lowest BCUT2D eigenvalue weighted by atomic mass is 10.1. The molecule has 1 atom stereocenters. The first-order chi connectivity index (χ1) is 9.78. The first-order valence-electron chi connectivity index (χ1n) is 7.02. The van der Waals surface area contributed by atoms with Gasteiger partial charge in [-0.3, -0.25) is 0 Å². The van der Waals surface area contributed by atoms with E-state index in [-0.39, 0.29) is 0 Å². The van der Waals surface area contributed by atoms with E-state index in [1.165, 1.54) is 19.4 Å². The summed E-state index contributed by atoms with van der Waals surface area (Å²) in [6.07, 6.45) is 2.48. The molecule has 1 aliphatic heterocycles. The van der Waals surface area contributed by atoms with Crippen LogP contribution < -0.4 is 5.32 Å². The maximum absolute atomic E-state index is 9.09. The summed E-state index contributed by atoms with van der Waals surface area (Å²) >= 11 is 0. The molecular formula is C16H18N4.